The molecule has 1 aliphatic carbocycles. The highest BCUT2D eigenvalue weighted by molar-refractivity contribution is 6.68. The molecule has 0 radical (unpaired) electrons. The van der Waals surface area contributed by atoms with Gasteiger partial charge in [0.25, 0.3) is 5.91 Å². The molecule has 1 N–H and O–H groups in total. The molecule has 1 saturated heterocycles. The van der Waals surface area contributed by atoms with Gasteiger partial charge in [-0.05, 0) is 118 Å². The Morgan fingerprint density at radius 2 is 1.58 bits per heavy atom. The van der Waals surface area contributed by atoms with Crippen molar-refractivity contribution in [1.82, 2.24) is 15.1 Å². The number of hydrogen-bond acceptors (Lipinski definition) is 6. The van der Waals surface area contributed by atoms with Crippen LogP contribution >= 0.6 is 46.4 Å². The normalized spacial score (nSPS) is 18.8. The maximum Gasteiger partial charge on any atom is 0.411 e. The number of alkyl halides is 3. The van der Waals surface area contributed by atoms with E-state index in [1.165, 1.54) is 11.1 Å². The van der Waals surface area contributed by atoms with Gasteiger partial charge in [-0.3, -0.25) is 9.69 Å². The molecule has 3 aromatic carbocycles. The Balaban J connectivity index is 1.27. The molecule has 2 unspecified atom stereocenters. The van der Waals surface area contributed by atoms with Crippen molar-refractivity contribution in [2.24, 2.45) is 0 Å². The third-order valence-corrected chi connectivity index (χ3v) is 12.2. The van der Waals surface area contributed by atoms with Crippen LogP contribution in [-0.2, 0) is 16.0 Å². The largest absolute Gasteiger partial charge is 0.490 e. The minimum Gasteiger partial charge on any atom is -0.490 e. The van der Waals surface area contributed by atoms with Crippen LogP contribution in [0.3, 0.4) is 0 Å². The van der Waals surface area contributed by atoms with Crippen LogP contribution in [0.15, 0.2) is 66.2 Å². The maximum atomic E-state index is 15.0. The summed E-state index contributed by atoms with van der Waals surface area (Å²) >= 11 is 25.0. The van der Waals surface area contributed by atoms with E-state index in [-0.39, 0.29) is 18.0 Å². The highest BCUT2D eigenvalue weighted by Crippen LogP contribution is 2.43. The number of nitrogens with zero attached hydrogens (tertiary/aromatic N) is 2. The second-order valence-corrected chi connectivity index (χ2v) is 17.4. The molecule has 2 amide bonds. The zero-order valence-corrected chi connectivity index (χ0v) is 33.8. The van der Waals surface area contributed by atoms with Gasteiger partial charge < -0.3 is 24.4 Å². The topological polar surface area (TPSA) is 80.3 Å². The van der Waals surface area contributed by atoms with Gasteiger partial charge >= 0.3 is 6.09 Å². The van der Waals surface area contributed by atoms with Crippen molar-refractivity contribution in [3.63, 3.8) is 0 Å². The molecule has 2 bridgehead atoms. The lowest BCUT2D eigenvalue weighted by Crippen LogP contribution is -2.64. The predicted molar refractivity (Wildman–Crippen MR) is 213 cm³/mol. The molecule has 0 spiro atoms. The number of aryl methyl sites for hydroxylation is 3. The van der Waals surface area contributed by atoms with Gasteiger partial charge in [-0.1, -0.05) is 82.8 Å². The fraction of sp³-hybridized carbons (Fsp3) is 0.463. The number of nitrogens with one attached hydrogen (secondary N) is 1. The zero-order chi connectivity index (χ0) is 38.1. The van der Waals surface area contributed by atoms with Crippen molar-refractivity contribution >= 4 is 64.0 Å². The van der Waals surface area contributed by atoms with Gasteiger partial charge in [0, 0.05) is 31.2 Å². The van der Waals surface area contributed by atoms with Gasteiger partial charge in [0.1, 0.15) is 24.7 Å². The van der Waals surface area contributed by atoms with Gasteiger partial charge in [-0.2, -0.15) is 0 Å². The fourth-order valence-corrected chi connectivity index (χ4v) is 7.39. The molecule has 6 rings (SSSR count). The number of carbonyl (C=O) groups is 2. The number of ether oxygens (including phenoxy) is 3. The molecular weight excluding hydrogens is 756 g/mol. The van der Waals surface area contributed by atoms with Crippen molar-refractivity contribution in [2.45, 2.75) is 87.8 Å². The van der Waals surface area contributed by atoms with Crippen molar-refractivity contribution < 1.29 is 23.8 Å². The van der Waals surface area contributed by atoms with E-state index in [4.69, 9.17) is 60.6 Å². The monoisotopic (exact) mass is 801 g/mol. The van der Waals surface area contributed by atoms with E-state index in [9.17, 15) is 9.59 Å². The number of amides is 2. The van der Waals surface area contributed by atoms with E-state index < -0.39 is 21.5 Å². The van der Waals surface area contributed by atoms with Gasteiger partial charge in [0.2, 0.25) is 3.79 Å². The lowest BCUT2D eigenvalue weighted by Gasteiger charge is -2.48. The molecule has 8 nitrogen and oxygen atoms in total. The maximum absolute atomic E-state index is 15.0. The molecule has 2 heterocycles. The van der Waals surface area contributed by atoms with E-state index in [1.54, 1.807) is 18.7 Å². The second-order valence-electron chi connectivity index (χ2n) is 14.7. The van der Waals surface area contributed by atoms with Crippen molar-refractivity contribution in [3.05, 3.63) is 99.1 Å². The summed E-state index contributed by atoms with van der Waals surface area (Å²) in [6, 6.07) is 19.2. The molecule has 284 valence electrons. The van der Waals surface area contributed by atoms with E-state index in [2.05, 4.69) is 24.4 Å². The molecule has 2 atom stereocenters. The van der Waals surface area contributed by atoms with Crippen LogP contribution in [0.1, 0.15) is 60.9 Å². The predicted octanol–water partition coefficient (Wildman–Crippen LogP) is 9.04. The third kappa shape index (κ3) is 9.05. The summed E-state index contributed by atoms with van der Waals surface area (Å²) in [5, 5.41) is 4.03. The van der Waals surface area contributed by atoms with Crippen LogP contribution in [0.5, 0.6) is 11.5 Å². The number of fused-ring (bicyclic) bond motifs is 2. The highest BCUT2D eigenvalue weighted by Gasteiger charge is 2.50. The fourth-order valence-electron chi connectivity index (χ4n) is 7.00. The third-order valence-electron chi connectivity index (χ3n) is 10.5. The number of benzene rings is 3. The Morgan fingerprint density at radius 3 is 2.26 bits per heavy atom. The van der Waals surface area contributed by atoms with Gasteiger partial charge in [0.15, 0.2) is 5.60 Å². The van der Waals surface area contributed by atoms with Gasteiger partial charge in [-0.15, -0.1) is 0 Å². The first-order valence-corrected chi connectivity index (χ1v) is 19.7. The Bertz CT molecular complexity index is 1850. The summed E-state index contributed by atoms with van der Waals surface area (Å²) in [4.78, 5) is 32.6. The van der Waals surface area contributed by atoms with Crippen molar-refractivity contribution in [2.75, 3.05) is 32.8 Å². The summed E-state index contributed by atoms with van der Waals surface area (Å²) in [5.74, 6) is 1.24. The summed E-state index contributed by atoms with van der Waals surface area (Å²) < 4.78 is 15.9. The number of piperazine rings is 1. The number of carbonyl (C=O) groups excluding carboxylic acids is 2. The molecule has 2 fully saturated rings. The lowest BCUT2D eigenvalue weighted by atomic mass is 9.82. The Kier molecular flexibility index (Phi) is 12.2. The summed E-state index contributed by atoms with van der Waals surface area (Å²) in [5.41, 5.74) is 5.61. The van der Waals surface area contributed by atoms with E-state index in [0.29, 0.717) is 61.4 Å². The van der Waals surface area contributed by atoms with E-state index >= 15 is 0 Å². The molecule has 3 aromatic rings. The molecule has 2 aliphatic heterocycles. The second kappa shape index (κ2) is 16.3. The number of halogens is 4. The van der Waals surface area contributed by atoms with Gasteiger partial charge in [-0.25, -0.2) is 4.79 Å². The Hall–Kier alpha value is -3.14. The molecule has 1 saturated carbocycles. The minimum absolute atomic E-state index is 0.0656. The molecule has 53 heavy (non-hydrogen) atoms. The highest BCUT2D eigenvalue weighted by atomic mass is 35.6. The first-order chi connectivity index (χ1) is 25.1. The smallest absolute Gasteiger partial charge is 0.411 e. The molecule has 12 heteroatoms. The average molecular weight is 804 g/mol. The van der Waals surface area contributed by atoms with Crippen LogP contribution in [0.25, 0.3) is 5.57 Å². The van der Waals surface area contributed by atoms with Crippen LogP contribution in [0.2, 0.25) is 5.02 Å². The van der Waals surface area contributed by atoms with Crippen LogP contribution in [0.4, 0.5) is 4.79 Å². The first-order valence-electron chi connectivity index (χ1n) is 18.1. The molecular formula is C41H47Cl4N3O5. The first kappa shape index (κ1) is 39.6. The molecule has 3 aliphatic rings. The van der Waals surface area contributed by atoms with Crippen LogP contribution < -0.4 is 14.8 Å². The summed E-state index contributed by atoms with van der Waals surface area (Å²) in [6.07, 6.45) is 2.45. The summed E-state index contributed by atoms with van der Waals surface area (Å²) in [6.45, 7) is 11.4. The Labute approximate surface area is 332 Å². The lowest BCUT2D eigenvalue weighted by molar-refractivity contribution is -0.128. The summed E-state index contributed by atoms with van der Waals surface area (Å²) in [7, 11) is 0. The van der Waals surface area contributed by atoms with Crippen LogP contribution in [0, 0.1) is 20.8 Å². The SMILES string of the molecule is Cc1cc(Cl)c(OCCOc2ccc(C3=C(C(=O)N(CCc4ccccc4C)C4CC4)C4CNCC(C3)N4C(=O)OC(C)(C)C(Cl)(Cl)Cl)cc2)cc1C. The van der Waals surface area contributed by atoms with Crippen molar-refractivity contribution in [1.29, 1.82) is 0 Å². The van der Waals surface area contributed by atoms with E-state index in [0.717, 1.165) is 41.5 Å². The standard InChI is InChI=1S/C41H47Cl4N3O5/c1-25-8-6-7-9-28(25)16-17-47(30-12-13-30)38(49)37-33(22-31-23-46-24-35(37)48(31)39(50)53-40(4,5)41(43,44)45)29-10-14-32(15-11-29)51-18-19-52-36-21-27(3)26(2)20-34(36)42/h6-11,14-15,20-21,30-31,35,46H,12-13,16-19,22-24H2,1-5H3. The van der Waals surface area contributed by atoms with E-state index in [1.807, 2.05) is 67.3 Å². The van der Waals surface area contributed by atoms with Gasteiger partial charge in [0.05, 0.1) is 17.1 Å². The zero-order valence-electron chi connectivity index (χ0n) is 30.8. The number of hydrogen-bond donors (Lipinski definition) is 1. The van der Waals surface area contributed by atoms with Crippen molar-refractivity contribution in [3.8, 4) is 11.5 Å². The number of rotatable bonds is 12. The quantitative estimate of drug-likeness (QED) is 0.146. The molecule has 0 aromatic heterocycles. The Morgan fingerprint density at radius 1 is 0.906 bits per heavy atom. The van der Waals surface area contributed by atoms with Crippen LogP contribution in [-0.4, -0.2) is 82.2 Å². The average Bonchev–Trinajstić information content (AvgIpc) is 3.94. The minimum atomic E-state index is -1.85.